The van der Waals surface area contributed by atoms with Crippen molar-refractivity contribution in [3.63, 3.8) is 0 Å². The van der Waals surface area contributed by atoms with E-state index in [0.29, 0.717) is 38.3 Å². The zero-order chi connectivity index (χ0) is 24.1. The summed E-state index contributed by atoms with van der Waals surface area (Å²) >= 11 is 0. The molecule has 2 aromatic rings. The van der Waals surface area contributed by atoms with Crippen LogP contribution in [-0.4, -0.2) is 52.0 Å². The van der Waals surface area contributed by atoms with Crippen LogP contribution >= 0.6 is 0 Å². The summed E-state index contributed by atoms with van der Waals surface area (Å²) in [5.74, 6) is 0.832. The molecule has 2 aromatic carbocycles. The van der Waals surface area contributed by atoms with Crippen LogP contribution in [0.3, 0.4) is 0 Å². The molecule has 0 bridgehead atoms. The van der Waals surface area contributed by atoms with Gasteiger partial charge < -0.3 is 14.8 Å². The Bertz CT molecular complexity index is 1030. The molecule has 3 rings (SSSR count). The molecule has 7 nitrogen and oxygen atoms in total. The number of sulfonamides is 1. The first-order chi connectivity index (χ1) is 15.6. The van der Waals surface area contributed by atoms with Crippen molar-refractivity contribution >= 4 is 15.9 Å². The molecule has 1 heterocycles. The van der Waals surface area contributed by atoms with Crippen LogP contribution in [-0.2, 0) is 20.2 Å². The topological polar surface area (TPSA) is 84.9 Å². The lowest BCUT2D eigenvalue weighted by Crippen LogP contribution is -2.45. The molecule has 1 aliphatic rings. The van der Waals surface area contributed by atoms with Crippen LogP contribution in [0.15, 0.2) is 53.4 Å². The van der Waals surface area contributed by atoms with Crippen molar-refractivity contribution in [3.8, 4) is 11.5 Å². The maximum atomic E-state index is 13.0. The lowest BCUT2D eigenvalue weighted by Gasteiger charge is -2.31. The number of carbonyl (C=O) groups excluding carboxylic acids is 1. The zero-order valence-corrected chi connectivity index (χ0v) is 20.7. The number of nitrogens with zero attached hydrogens (tertiary/aromatic N) is 1. The fraction of sp³-hybridized carbons (Fsp3) is 0.480. The highest BCUT2D eigenvalue weighted by atomic mass is 32.2. The van der Waals surface area contributed by atoms with E-state index in [0.717, 1.165) is 5.75 Å². The molecule has 0 aromatic heterocycles. The molecule has 0 saturated carbocycles. The highest BCUT2D eigenvalue weighted by molar-refractivity contribution is 7.89. The van der Waals surface area contributed by atoms with Crippen molar-refractivity contribution < 1.29 is 22.7 Å². The molecular formula is C25H34N2O5S. The maximum absolute atomic E-state index is 13.0. The second-order valence-electron chi connectivity index (χ2n) is 9.29. The number of rotatable bonds is 8. The molecule has 180 valence electrons. The quantitative estimate of drug-likeness (QED) is 0.591. The van der Waals surface area contributed by atoms with Gasteiger partial charge >= 0.3 is 0 Å². The normalized spacial score (nSPS) is 17.4. The third-order valence-electron chi connectivity index (χ3n) is 5.84. The molecule has 1 aliphatic heterocycles. The molecule has 1 amide bonds. The summed E-state index contributed by atoms with van der Waals surface area (Å²) in [7, 11) is -2.12. The number of hydrogen-bond donors (Lipinski definition) is 1. The van der Waals surface area contributed by atoms with Crippen molar-refractivity contribution in [2.45, 2.75) is 43.9 Å². The molecule has 1 N–H and O–H groups in total. The monoisotopic (exact) mass is 474 g/mol. The Labute approximate surface area is 197 Å². The maximum Gasteiger partial charge on any atom is 0.243 e. The highest BCUT2D eigenvalue weighted by Crippen LogP contribution is 2.26. The fourth-order valence-corrected chi connectivity index (χ4v) is 5.33. The van der Waals surface area contributed by atoms with E-state index in [2.05, 4.69) is 26.1 Å². The van der Waals surface area contributed by atoms with Gasteiger partial charge in [-0.3, -0.25) is 4.79 Å². The Kier molecular flexibility index (Phi) is 8.02. The predicted octanol–water partition coefficient (Wildman–Crippen LogP) is 3.59. The van der Waals surface area contributed by atoms with E-state index >= 15 is 0 Å². The van der Waals surface area contributed by atoms with E-state index in [9.17, 15) is 13.2 Å². The van der Waals surface area contributed by atoms with Crippen LogP contribution in [0, 0.1) is 5.92 Å². The van der Waals surface area contributed by atoms with Crippen LogP contribution in [0.2, 0.25) is 0 Å². The first kappa shape index (κ1) is 25.1. The summed E-state index contributed by atoms with van der Waals surface area (Å²) in [4.78, 5) is 12.9. The summed E-state index contributed by atoms with van der Waals surface area (Å²) < 4.78 is 38.2. The highest BCUT2D eigenvalue weighted by Gasteiger charge is 2.33. The lowest BCUT2D eigenvalue weighted by atomic mass is 9.87. The molecule has 1 saturated heterocycles. The van der Waals surface area contributed by atoms with Gasteiger partial charge in [0.05, 0.1) is 24.5 Å². The minimum atomic E-state index is -3.66. The summed E-state index contributed by atoms with van der Waals surface area (Å²) in [5, 5.41) is 2.88. The minimum absolute atomic E-state index is 0.0846. The molecule has 0 radical (unpaired) electrons. The summed E-state index contributed by atoms with van der Waals surface area (Å²) in [6.07, 6.45) is 1.31. The van der Waals surface area contributed by atoms with Crippen LogP contribution in [0.5, 0.6) is 11.5 Å². The van der Waals surface area contributed by atoms with Crippen LogP contribution in [0.4, 0.5) is 0 Å². The molecule has 0 aliphatic carbocycles. The van der Waals surface area contributed by atoms with Crippen molar-refractivity contribution in [1.29, 1.82) is 0 Å². The van der Waals surface area contributed by atoms with Crippen LogP contribution in [0.25, 0.3) is 0 Å². The van der Waals surface area contributed by atoms with Crippen molar-refractivity contribution in [1.82, 2.24) is 9.62 Å². The number of piperidine rings is 1. The third kappa shape index (κ3) is 6.48. The van der Waals surface area contributed by atoms with Gasteiger partial charge in [0.15, 0.2) is 0 Å². The number of hydrogen-bond acceptors (Lipinski definition) is 5. The molecule has 0 unspecified atom stereocenters. The van der Waals surface area contributed by atoms with Crippen LogP contribution < -0.4 is 14.8 Å². The summed E-state index contributed by atoms with van der Waals surface area (Å²) in [5.41, 5.74) is 1.32. The average molecular weight is 475 g/mol. The van der Waals surface area contributed by atoms with E-state index in [1.54, 1.807) is 12.1 Å². The van der Waals surface area contributed by atoms with E-state index in [4.69, 9.17) is 9.47 Å². The largest absolute Gasteiger partial charge is 0.497 e. The molecule has 33 heavy (non-hydrogen) atoms. The number of methoxy groups -OCH3 is 1. The molecular weight excluding hydrogens is 440 g/mol. The molecule has 1 fully saturated rings. The van der Waals surface area contributed by atoms with Gasteiger partial charge in [-0.1, -0.05) is 32.9 Å². The summed E-state index contributed by atoms with van der Waals surface area (Å²) in [6, 6.07) is 14.3. The number of benzene rings is 2. The Balaban J connectivity index is 1.49. The fourth-order valence-electron chi connectivity index (χ4n) is 3.81. The van der Waals surface area contributed by atoms with E-state index in [1.165, 1.54) is 29.1 Å². The van der Waals surface area contributed by atoms with Gasteiger partial charge in [-0.15, -0.1) is 0 Å². The van der Waals surface area contributed by atoms with Gasteiger partial charge in [0, 0.05) is 13.1 Å². The first-order valence-corrected chi connectivity index (χ1v) is 12.7. The minimum Gasteiger partial charge on any atom is -0.497 e. The van der Waals surface area contributed by atoms with Crippen LogP contribution in [0.1, 0.15) is 39.2 Å². The van der Waals surface area contributed by atoms with Gasteiger partial charge in [0.2, 0.25) is 15.9 Å². The van der Waals surface area contributed by atoms with Gasteiger partial charge in [-0.2, -0.15) is 4.31 Å². The number of nitrogens with one attached hydrogen (secondary N) is 1. The van der Waals surface area contributed by atoms with Crippen molar-refractivity contribution in [3.05, 3.63) is 54.1 Å². The Morgan fingerprint density at radius 2 is 1.70 bits per heavy atom. The standard InChI is InChI=1S/C25H34N2O5S/c1-25(2,3)20-7-9-22(10-8-20)32-17-15-26-24(28)19-6-5-16-27(18-19)33(29,30)23-13-11-21(31-4)12-14-23/h7-14,19H,5-6,15-18H2,1-4H3,(H,26,28)/t19-/m1/s1. The zero-order valence-electron chi connectivity index (χ0n) is 19.8. The number of carbonyl (C=O) groups is 1. The Hall–Kier alpha value is -2.58. The van der Waals surface area contributed by atoms with Crippen molar-refractivity contribution in [2.24, 2.45) is 5.92 Å². The van der Waals surface area contributed by atoms with E-state index in [1.807, 2.05) is 24.3 Å². The molecule has 8 heteroatoms. The first-order valence-electron chi connectivity index (χ1n) is 11.3. The average Bonchev–Trinajstić information content (AvgIpc) is 2.81. The smallest absolute Gasteiger partial charge is 0.243 e. The number of amides is 1. The third-order valence-corrected chi connectivity index (χ3v) is 7.72. The van der Waals surface area contributed by atoms with E-state index < -0.39 is 10.0 Å². The lowest BCUT2D eigenvalue weighted by molar-refractivity contribution is -0.126. The SMILES string of the molecule is COc1ccc(S(=O)(=O)N2CCC[C@@H](C(=O)NCCOc3ccc(C(C)(C)C)cc3)C2)cc1. The van der Waals surface area contributed by atoms with Crippen molar-refractivity contribution in [2.75, 3.05) is 33.4 Å². The molecule has 0 spiro atoms. The second-order valence-corrected chi connectivity index (χ2v) is 11.2. The number of ether oxygens (including phenoxy) is 2. The van der Waals surface area contributed by atoms with Gasteiger partial charge in [-0.25, -0.2) is 8.42 Å². The second kappa shape index (κ2) is 10.6. The van der Waals surface area contributed by atoms with Gasteiger partial charge in [-0.05, 0) is 60.2 Å². The Morgan fingerprint density at radius 3 is 2.30 bits per heavy atom. The molecule has 1 atom stereocenters. The van der Waals surface area contributed by atoms with E-state index in [-0.39, 0.29) is 28.7 Å². The van der Waals surface area contributed by atoms with Gasteiger partial charge in [0.1, 0.15) is 18.1 Å². The van der Waals surface area contributed by atoms with Gasteiger partial charge in [0.25, 0.3) is 0 Å². The summed E-state index contributed by atoms with van der Waals surface area (Å²) in [6.45, 7) is 7.77. The predicted molar refractivity (Wildman–Crippen MR) is 128 cm³/mol. The Morgan fingerprint density at radius 1 is 1.06 bits per heavy atom.